The minimum Gasteiger partial charge on any atom is -0.457 e. The number of hydrogen-bond donors (Lipinski definition) is 0. The molecule has 3 nitrogen and oxygen atoms in total. The summed E-state index contributed by atoms with van der Waals surface area (Å²) in [7, 11) is 0. The predicted octanol–water partition coefficient (Wildman–Crippen LogP) is 4.55. The Labute approximate surface area is 131 Å². The Morgan fingerprint density at radius 1 is 1.00 bits per heavy atom. The van der Waals surface area contributed by atoms with Gasteiger partial charge in [-0.1, -0.05) is 37.3 Å². The van der Waals surface area contributed by atoms with Crippen LogP contribution in [0.4, 0.5) is 0 Å². The number of aromatic nitrogens is 2. The van der Waals surface area contributed by atoms with Gasteiger partial charge < -0.3 is 9.30 Å². The van der Waals surface area contributed by atoms with Crippen molar-refractivity contribution in [3.05, 3.63) is 78.9 Å². The monoisotopic (exact) mass is 292 g/mol. The zero-order chi connectivity index (χ0) is 15.2. The first-order valence-corrected chi connectivity index (χ1v) is 7.57. The number of ether oxygens (including phenoxy) is 1. The topological polar surface area (TPSA) is 27.1 Å². The van der Waals surface area contributed by atoms with E-state index in [9.17, 15) is 0 Å². The average molecular weight is 292 g/mol. The molecule has 1 atom stereocenters. The fourth-order valence-corrected chi connectivity index (χ4v) is 2.54. The van der Waals surface area contributed by atoms with Gasteiger partial charge in [-0.05, 0) is 42.2 Å². The van der Waals surface area contributed by atoms with E-state index in [0.717, 1.165) is 24.5 Å². The van der Waals surface area contributed by atoms with E-state index in [0.29, 0.717) is 5.92 Å². The van der Waals surface area contributed by atoms with Gasteiger partial charge in [-0.2, -0.15) is 0 Å². The normalized spacial score (nSPS) is 12.0. The van der Waals surface area contributed by atoms with E-state index in [1.54, 1.807) is 0 Å². The lowest BCUT2D eigenvalue weighted by molar-refractivity contribution is 0.474. The second kappa shape index (κ2) is 6.94. The third-order valence-electron chi connectivity index (χ3n) is 3.57. The van der Waals surface area contributed by atoms with Gasteiger partial charge in [0.05, 0.1) is 6.33 Å². The lowest BCUT2D eigenvalue weighted by Crippen LogP contribution is -2.08. The maximum atomic E-state index is 5.81. The van der Waals surface area contributed by atoms with Gasteiger partial charge >= 0.3 is 0 Å². The number of para-hydroxylation sites is 1. The summed E-state index contributed by atoms with van der Waals surface area (Å²) >= 11 is 0. The molecule has 3 heteroatoms. The van der Waals surface area contributed by atoms with Crippen molar-refractivity contribution in [1.29, 1.82) is 0 Å². The standard InChI is InChI=1S/C19H20N2O/c1-16(14-21-12-11-20-15-21)13-17-7-9-19(10-8-17)22-18-5-3-2-4-6-18/h2-12,15-16H,13-14H2,1H3. The van der Waals surface area contributed by atoms with Crippen LogP contribution in [0.2, 0.25) is 0 Å². The molecule has 0 fully saturated rings. The van der Waals surface area contributed by atoms with Crippen LogP contribution in [0.5, 0.6) is 11.5 Å². The molecule has 112 valence electrons. The van der Waals surface area contributed by atoms with Crippen LogP contribution in [0.25, 0.3) is 0 Å². The Balaban J connectivity index is 1.57. The minimum absolute atomic E-state index is 0.565. The molecule has 3 aromatic rings. The maximum Gasteiger partial charge on any atom is 0.127 e. The van der Waals surface area contributed by atoms with Gasteiger partial charge in [-0.15, -0.1) is 0 Å². The van der Waals surface area contributed by atoms with Crippen molar-refractivity contribution >= 4 is 0 Å². The van der Waals surface area contributed by atoms with Gasteiger partial charge in [0.2, 0.25) is 0 Å². The summed E-state index contributed by atoms with van der Waals surface area (Å²) in [6.07, 6.45) is 6.74. The van der Waals surface area contributed by atoms with Crippen molar-refractivity contribution < 1.29 is 4.74 Å². The summed E-state index contributed by atoms with van der Waals surface area (Å²) in [5, 5.41) is 0. The highest BCUT2D eigenvalue weighted by molar-refractivity contribution is 5.33. The number of nitrogens with zero attached hydrogens (tertiary/aromatic N) is 2. The second-order valence-electron chi connectivity index (χ2n) is 5.63. The van der Waals surface area contributed by atoms with Crippen LogP contribution < -0.4 is 4.74 Å². The average Bonchev–Trinajstić information content (AvgIpc) is 3.03. The Kier molecular flexibility index (Phi) is 4.54. The highest BCUT2D eigenvalue weighted by Gasteiger charge is 2.05. The molecule has 1 aromatic heterocycles. The van der Waals surface area contributed by atoms with Crippen LogP contribution in [0.15, 0.2) is 73.3 Å². The van der Waals surface area contributed by atoms with Crippen molar-refractivity contribution in [2.24, 2.45) is 5.92 Å². The largest absolute Gasteiger partial charge is 0.457 e. The summed E-state index contributed by atoms with van der Waals surface area (Å²) < 4.78 is 7.93. The van der Waals surface area contributed by atoms with E-state index >= 15 is 0 Å². The smallest absolute Gasteiger partial charge is 0.127 e. The molecule has 1 heterocycles. The van der Waals surface area contributed by atoms with E-state index in [2.05, 4.69) is 28.6 Å². The molecule has 1 unspecified atom stereocenters. The summed E-state index contributed by atoms with van der Waals surface area (Å²) in [5.74, 6) is 2.30. The second-order valence-corrected chi connectivity index (χ2v) is 5.63. The van der Waals surface area contributed by atoms with Gasteiger partial charge in [-0.25, -0.2) is 4.98 Å². The SMILES string of the molecule is CC(Cc1ccc(Oc2ccccc2)cc1)Cn1ccnc1. The molecule has 0 saturated heterocycles. The van der Waals surface area contributed by atoms with Gasteiger partial charge in [-0.3, -0.25) is 0 Å². The summed E-state index contributed by atoms with van der Waals surface area (Å²) in [5.41, 5.74) is 1.33. The minimum atomic E-state index is 0.565. The van der Waals surface area contributed by atoms with Crippen molar-refractivity contribution in [3.63, 3.8) is 0 Å². The third kappa shape index (κ3) is 3.98. The van der Waals surface area contributed by atoms with E-state index in [4.69, 9.17) is 4.74 Å². The van der Waals surface area contributed by atoms with Gasteiger partial charge in [0.1, 0.15) is 11.5 Å². The number of rotatable bonds is 6. The van der Waals surface area contributed by atoms with Crippen molar-refractivity contribution in [3.8, 4) is 11.5 Å². The van der Waals surface area contributed by atoms with E-state index in [1.165, 1.54) is 5.56 Å². The maximum absolute atomic E-state index is 5.81. The van der Waals surface area contributed by atoms with E-state index < -0.39 is 0 Å². The lowest BCUT2D eigenvalue weighted by Gasteiger charge is -2.12. The number of imidazole rings is 1. The summed E-state index contributed by atoms with van der Waals surface area (Å²) in [6.45, 7) is 3.25. The Morgan fingerprint density at radius 2 is 1.73 bits per heavy atom. The number of hydrogen-bond acceptors (Lipinski definition) is 2. The molecule has 0 spiro atoms. The first-order chi connectivity index (χ1) is 10.8. The van der Waals surface area contributed by atoms with Crippen LogP contribution in [0.1, 0.15) is 12.5 Å². The molecule has 3 rings (SSSR count). The van der Waals surface area contributed by atoms with Crippen LogP contribution in [-0.2, 0) is 13.0 Å². The molecular weight excluding hydrogens is 272 g/mol. The van der Waals surface area contributed by atoms with Gasteiger partial charge in [0.25, 0.3) is 0 Å². The van der Waals surface area contributed by atoms with Gasteiger partial charge in [0.15, 0.2) is 0 Å². The Bertz CT molecular complexity index is 675. The highest BCUT2D eigenvalue weighted by Crippen LogP contribution is 2.22. The molecule has 0 aliphatic heterocycles. The molecule has 2 aromatic carbocycles. The zero-order valence-electron chi connectivity index (χ0n) is 12.7. The molecule has 0 radical (unpaired) electrons. The molecular formula is C19H20N2O. The summed E-state index contributed by atoms with van der Waals surface area (Å²) in [6, 6.07) is 18.2. The first-order valence-electron chi connectivity index (χ1n) is 7.57. The molecule has 0 bridgehead atoms. The molecule has 0 aliphatic rings. The summed E-state index contributed by atoms with van der Waals surface area (Å²) in [4.78, 5) is 4.08. The molecule has 0 N–H and O–H groups in total. The molecule has 0 amide bonds. The van der Waals surface area contributed by atoms with Crippen LogP contribution in [0, 0.1) is 5.92 Å². The third-order valence-corrected chi connectivity index (χ3v) is 3.57. The van der Waals surface area contributed by atoms with Crippen LogP contribution in [0.3, 0.4) is 0 Å². The van der Waals surface area contributed by atoms with E-state index in [-0.39, 0.29) is 0 Å². The Hall–Kier alpha value is -2.55. The number of benzene rings is 2. The first kappa shape index (κ1) is 14.4. The fourth-order valence-electron chi connectivity index (χ4n) is 2.54. The zero-order valence-corrected chi connectivity index (χ0v) is 12.7. The molecule has 0 aliphatic carbocycles. The van der Waals surface area contributed by atoms with E-state index in [1.807, 2.05) is 61.2 Å². The van der Waals surface area contributed by atoms with Crippen molar-refractivity contribution in [2.75, 3.05) is 0 Å². The highest BCUT2D eigenvalue weighted by atomic mass is 16.5. The quantitative estimate of drug-likeness (QED) is 0.666. The fraction of sp³-hybridized carbons (Fsp3) is 0.211. The molecule has 0 saturated carbocycles. The Morgan fingerprint density at radius 3 is 2.41 bits per heavy atom. The lowest BCUT2D eigenvalue weighted by atomic mass is 10.0. The van der Waals surface area contributed by atoms with Crippen molar-refractivity contribution in [1.82, 2.24) is 9.55 Å². The van der Waals surface area contributed by atoms with Crippen LogP contribution >= 0.6 is 0 Å². The predicted molar refractivity (Wildman–Crippen MR) is 88.1 cm³/mol. The molecule has 22 heavy (non-hydrogen) atoms. The van der Waals surface area contributed by atoms with Gasteiger partial charge in [0, 0.05) is 18.9 Å². The van der Waals surface area contributed by atoms with Crippen molar-refractivity contribution in [2.45, 2.75) is 19.9 Å². The van der Waals surface area contributed by atoms with Crippen LogP contribution in [-0.4, -0.2) is 9.55 Å².